The summed E-state index contributed by atoms with van der Waals surface area (Å²) in [6, 6.07) is 10.5. The van der Waals surface area contributed by atoms with Gasteiger partial charge in [-0.1, -0.05) is 35.5 Å². The Balaban J connectivity index is 1.60. The minimum absolute atomic E-state index is 0.445. The van der Waals surface area contributed by atoms with E-state index in [2.05, 4.69) is 35.5 Å². The molecule has 0 radical (unpaired) electrons. The topological polar surface area (TPSA) is 21.6 Å². The second-order valence-corrected chi connectivity index (χ2v) is 5.25. The van der Waals surface area contributed by atoms with Gasteiger partial charge in [0.2, 0.25) is 0 Å². The van der Waals surface area contributed by atoms with Crippen molar-refractivity contribution in [3.8, 4) is 0 Å². The Hall–Kier alpha value is -1.31. The molecular weight excluding hydrogens is 186 g/mol. The summed E-state index contributed by atoms with van der Waals surface area (Å²) >= 11 is 0. The molecule has 4 saturated carbocycles. The molecule has 0 amide bonds. The lowest BCUT2D eigenvalue weighted by atomic mass is 9.94. The maximum atomic E-state index is 5.61. The summed E-state index contributed by atoms with van der Waals surface area (Å²) in [5.41, 5.74) is 2.48. The standard InChI is InChI=1S/C13H11NO/c1-2-4-6(5-3-1)12-11-9-7-8(9)10(7)13(11)15-14-12/h1-5,7-11,13H. The van der Waals surface area contributed by atoms with Crippen LogP contribution in [-0.2, 0) is 4.84 Å². The summed E-state index contributed by atoms with van der Waals surface area (Å²) in [6.07, 6.45) is 0.445. The van der Waals surface area contributed by atoms with Crippen LogP contribution in [0.1, 0.15) is 5.56 Å². The van der Waals surface area contributed by atoms with Gasteiger partial charge >= 0.3 is 0 Å². The molecule has 0 N–H and O–H groups in total. The van der Waals surface area contributed by atoms with Crippen LogP contribution in [0, 0.1) is 29.6 Å². The van der Waals surface area contributed by atoms with Crippen LogP contribution in [0.25, 0.3) is 0 Å². The number of hydrogen-bond donors (Lipinski definition) is 0. The molecule has 0 saturated heterocycles. The summed E-state index contributed by atoms with van der Waals surface area (Å²) in [5.74, 6) is 4.49. The van der Waals surface area contributed by atoms with E-state index in [1.54, 1.807) is 0 Å². The van der Waals surface area contributed by atoms with Crippen molar-refractivity contribution < 1.29 is 4.84 Å². The van der Waals surface area contributed by atoms with Crippen molar-refractivity contribution in [3.63, 3.8) is 0 Å². The third kappa shape index (κ3) is 0.638. The Morgan fingerprint density at radius 1 is 0.933 bits per heavy atom. The highest BCUT2D eigenvalue weighted by atomic mass is 16.6. The van der Waals surface area contributed by atoms with E-state index in [0.717, 1.165) is 23.7 Å². The van der Waals surface area contributed by atoms with Gasteiger partial charge in [0, 0.05) is 11.8 Å². The molecule has 4 fully saturated rings. The minimum Gasteiger partial charge on any atom is -0.391 e. The second kappa shape index (κ2) is 1.97. The average Bonchev–Trinajstić information content (AvgIpc) is 3.01. The van der Waals surface area contributed by atoms with Crippen molar-refractivity contribution in [3.05, 3.63) is 35.9 Å². The maximum Gasteiger partial charge on any atom is 0.139 e. The first-order valence-electron chi connectivity index (χ1n) is 5.76. The fourth-order valence-electron chi connectivity index (χ4n) is 4.02. The molecule has 6 rings (SSSR count). The van der Waals surface area contributed by atoms with Crippen LogP contribution >= 0.6 is 0 Å². The van der Waals surface area contributed by atoms with E-state index >= 15 is 0 Å². The molecular formula is C13H11NO. The summed E-state index contributed by atoms with van der Waals surface area (Å²) in [4.78, 5) is 5.61. The van der Waals surface area contributed by atoms with Crippen molar-refractivity contribution in [2.75, 3.05) is 0 Å². The molecule has 2 nitrogen and oxygen atoms in total. The maximum absolute atomic E-state index is 5.61. The van der Waals surface area contributed by atoms with Crippen LogP contribution in [0.15, 0.2) is 35.5 Å². The van der Waals surface area contributed by atoms with E-state index in [4.69, 9.17) is 4.84 Å². The van der Waals surface area contributed by atoms with Gasteiger partial charge in [-0.15, -0.1) is 0 Å². The van der Waals surface area contributed by atoms with Gasteiger partial charge in [0.15, 0.2) is 0 Å². The molecule has 74 valence electrons. The molecule has 4 aliphatic carbocycles. The van der Waals surface area contributed by atoms with Crippen molar-refractivity contribution in [2.24, 2.45) is 34.7 Å². The lowest BCUT2D eigenvalue weighted by Crippen LogP contribution is -2.19. The van der Waals surface area contributed by atoms with Gasteiger partial charge in [0.25, 0.3) is 0 Å². The van der Waals surface area contributed by atoms with E-state index in [9.17, 15) is 0 Å². The molecule has 1 aliphatic heterocycles. The van der Waals surface area contributed by atoms with Crippen molar-refractivity contribution in [1.82, 2.24) is 0 Å². The zero-order chi connectivity index (χ0) is 9.57. The molecule has 1 heterocycles. The summed E-state index contributed by atoms with van der Waals surface area (Å²) < 4.78 is 0. The highest BCUT2D eigenvalue weighted by Gasteiger charge is 2.87. The third-order valence-electron chi connectivity index (χ3n) is 4.75. The third-order valence-corrected chi connectivity index (χ3v) is 4.75. The van der Waals surface area contributed by atoms with E-state index in [-0.39, 0.29) is 0 Å². The Morgan fingerprint density at radius 2 is 1.73 bits per heavy atom. The number of oxime groups is 1. The molecule has 2 heteroatoms. The Morgan fingerprint density at radius 3 is 2.53 bits per heavy atom. The second-order valence-electron chi connectivity index (χ2n) is 5.25. The van der Waals surface area contributed by atoms with Crippen LogP contribution in [0.2, 0.25) is 0 Å². The van der Waals surface area contributed by atoms with Crippen LogP contribution in [0.3, 0.4) is 0 Å². The first-order chi connectivity index (χ1) is 7.47. The zero-order valence-electron chi connectivity index (χ0n) is 8.21. The quantitative estimate of drug-likeness (QED) is 0.674. The van der Waals surface area contributed by atoms with E-state index in [1.807, 2.05) is 0 Å². The van der Waals surface area contributed by atoms with Crippen LogP contribution in [0.4, 0.5) is 0 Å². The Kier molecular flexibility index (Phi) is 0.924. The SMILES string of the molecule is c1ccc(C2=NOC3C2C2C4C3C24)cc1. The van der Waals surface area contributed by atoms with E-state index < -0.39 is 0 Å². The van der Waals surface area contributed by atoms with Gasteiger partial charge in [-0.2, -0.15) is 0 Å². The molecule has 1 aromatic carbocycles. The highest BCUT2D eigenvalue weighted by molar-refractivity contribution is 6.04. The highest BCUT2D eigenvalue weighted by Crippen LogP contribution is 2.85. The van der Waals surface area contributed by atoms with Gasteiger partial charge < -0.3 is 4.84 Å². The lowest BCUT2D eigenvalue weighted by molar-refractivity contribution is 0.0652. The molecule has 15 heavy (non-hydrogen) atoms. The molecule has 5 aliphatic rings. The van der Waals surface area contributed by atoms with Gasteiger partial charge in [0.05, 0.1) is 5.71 Å². The predicted octanol–water partition coefficient (Wildman–Crippen LogP) is 1.91. The first kappa shape index (κ1) is 7.04. The summed E-state index contributed by atoms with van der Waals surface area (Å²) in [5, 5.41) is 4.30. The van der Waals surface area contributed by atoms with E-state index in [0.29, 0.717) is 12.0 Å². The van der Waals surface area contributed by atoms with Crippen LogP contribution in [0.5, 0.6) is 0 Å². The molecule has 4 atom stereocenters. The summed E-state index contributed by atoms with van der Waals surface area (Å²) in [6.45, 7) is 0. The van der Waals surface area contributed by atoms with Gasteiger partial charge in [-0.3, -0.25) is 0 Å². The van der Waals surface area contributed by atoms with E-state index in [1.165, 1.54) is 11.3 Å². The van der Waals surface area contributed by atoms with Crippen LogP contribution in [-0.4, -0.2) is 11.8 Å². The molecule has 4 unspecified atom stereocenters. The lowest BCUT2D eigenvalue weighted by Gasteiger charge is -2.08. The zero-order valence-corrected chi connectivity index (χ0v) is 8.21. The Bertz CT molecular complexity index is 471. The number of nitrogens with zero attached hydrogens (tertiary/aromatic N) is 1. The largest absolute Gasteiger partial charge is 0.391 e. The first-order valence-corrected chi connectivity index (χ1v) is 5.76. The van der Waals surface area contributed by atoms with Crippen LogP contribution < -0.4 is 0 Å². The number of benzene rings is 1. The van der Waals surface area contributed by atoms with Gasteiger partial charge in [-0.25, -0.2) is 0 Å². The van der Waals surface area contributed by atoms with Crippen molar-refractivity contribution >= 4 is 5.71 Å². The van der Waals surface area contributed by atoms with Gasteiger partial charge in [-0.05, 0) is 23.3 Å². The minimum atomic E-state index is 0.445. The molecule has 1 aromatic rings. The molecule has 0 spiro atoms. The van der Waals surface area contributed by atoms with Crippen molar-refractivity contribution in [1.29, 1.82) is 0 Å². The smallest absolute Gasteiger partial charge is 0.139 e. The van der Waals surface area contributed by atoms with Gasteiger partial charge in [0.1, 0.15) is 6.10 Å². The average molecular weight is 197 g/mol. The molecule has 2 bridgehead atoms. The number of hydrogen-bond acceptors (Lipinski definition) is 2. The summed E-state index contributed by atoms with van der Waals surface area (Å²) in [7, 11) is 0. The molecule has 0 aromatic heterocycles. The fourth-order valence-corrected chi connectivity index (χ4v) is 4.02. The van der Waals surface area contributed by atoms with Crippen molar-refractivity contribution in [2.45, 2.75) is 6.10 Å². The normalized spacial score (nSPS) is 51.6. The number of rotatable bonds is 1. The Labute approximate surface area is 87.9 Å². The monoisotopic (exact) mass is 197 g/mol. The predicted molar refractivity (Wildman–Crippen MR) is 55.3 cm³/mol. The fraction of sp³-hybridized carbons (Fsp3) is 0.462.